The molecule has 50 heavy (non-hydrogen) atoms. The van der Waals surface area contributed by atoms with Gasteiger partial charge in [0.2, 0.25) is 6.29 Å². The molecule has 0 aromatic heterocycles. The molecule has 5 rings (SSSR count). The average Bonchev–Trinajstić information content (AvgIpc) is 3.10. The van der Waals surface area contributed by atoms with E-state index in [-0.39, 0.29) is 17.2 Å². The second-order valence-corrected chi connectivity index (χ2v) is 12.1. The smallest absolute Gasteiger partial charge is 0.229 e. The van der Waals surface area contributed by atoms with Gasteiger partial charge in [0.25, 0.3) is 0 Å². The molecule has 3 aliphatic heterocycles. The number of benzene rings is 2. The van der Waals surface area contributed by atoms with E-state index >= 15 is 0 Å². The Hall–Kier alpha value is -3.02. The molecule has 18 nitrogen and oxygen atoms in total. The molecule has 0 unspecified atom stereocenters. The second kappa shape index (κ2) is 16.5. The van der Waals surface area contributed by atoms with E-state index in [1.165, 1.54) is 18.2 Å². The number of ether oxygens (including phenoxy) is 6. The minimum atomic E-state index is -1.95. The van der Waals surface area contributed by atoms with Crippen LogP contribution in [0.2, 0.25) is 0 Å². The van der Waals surface area contributed by atoms with Crippen molar-refractivity contribution >= 4 is 12.2 Å². The summed E-state index contributed by atoms with van der Waals surface area (Å²) in [6, 6.07) is 10.5. The van der Waals surface area contributed by atoms with E-state index in [1.54, 1.807) is 36.4 Å². The minimum absolute atomic E-state index is 0.0989. The Morgan fingerprint density at radius 1 is 0.500 bits per heavy atom. The number of phenolic OH excluding ortho intramolecular Hbond substituents is 2. The monoisotopic (exact) mass is 714 g/mol. The van der Waals surface area contributed by atoms with Crippen molar-refractivity contribution in [3.05, 3.63) is 53.6 Å². The lowest BCUT2D eigenvalue weighted by molar-refractivity contribution is -0.376. The predicted molar refractivity (Wildman–Crippen MR) is 165 cm³/mol. The van der Waals surface area contributed by atoms with Gasteiger partial charge in [0.15, 0.2) is 12.6 Å². The number of aliphatic hydroxyl groups is 10. The Morgan fingerprint density at radius 2 is 0.940 bits per heavy atom. The summed E-state index contributed by atoms with van der Waals surface area (Å²) in [4.78, 5) is 0. The first-order chi connectivity index (χ1) is 23.8. The van der Waals surface area contributed by atoms with Crippen molar-refractivity contribution in [1.82, 2.24) is 0 Å². The Kier molecular flexibility index (Phi) is 12.6. The van der Waals surface area contributed by atoms with E-state index in [9.17, 15) is 61.3 Å². The van der Waals surface area contributed by atoms with Gasteiger partial charge in [-0.2, -0.15) is 0 Å². The summed E-state index contributed by atoms with van der Waals surface area (Å²) in [5.74, 6) is 0.0197. The van der Waals surface area contributed by atoms with Gasteiger partial charge in [-0.15, -0.1) is 0 Å². The molecule has 0 spiro atoms. The van der Waals surface area contributed by atoms with Crippen molar-refractivity contribution in [1.29, 1.82) is 0 Å². The molecular weight excluding hydrogens is 672 g/mol. The largest absolute Gasteiger partial charge is 0.508 e. The van der Waals surface area contributed by atoms with Crippen LogP contribution in [0.3, 0.4) is 0 Å². The number of rotatable bonds is 11. The number of aromatic hydroxyl groups is 2. The topological polar surface area (TPSA) is 298 Å². The predicted octanol–water partition coefficient (Wildman–Crippen LogP) is -3.90. The van der Waals surface area contributed by atoms with Crippen LogP contribution in [-0.2, 0) is 23.7 Å². The van der Waals surface area contributed by atoms with Crippen molar-refractivity contribution in [3.63, 3.8) is 0 Å². The van der Waals surface area contributed by atoms with Crippen LogP contribution >= 0.6 is 0 Å². The molecule has 2 aromatic rings. The average molecular weight is 715 g/mol. The van der Waals surface area contributed by atoms with Crippen LogP contribution in [0.5, 0.6) is 17.2 Å². The normalized spacial score (nSPS) is 39.4. The van der Waals surface area contributed by atoms with E-state index in [0.717, 1.165) is 0 Å². The Bertz CT molecular complexity index is 1380. The summed E-state index contributed by atoms with van der Waals surface area (Å²) in [5, 5.41) is 123. The summed E-state index contributed by atoms with van der Waals surface area (Å²) in [5.41, 5.74) is 1.26. The van der Waals surface area contributed by atoms with Crippen molar-refractivity contribution in [2.45, 2.75) is 92.1 Å². The third kappa shape index (κ3) is 8.37. The Morgan fingerprint density at radius 3 is 1.46 bits per heavy atom. The van der Waals surface area contributed by atoms with Crippen molar-refractivity contribution < 1.29 is 89.7 Å². The highest BCUT2D eigenvalue weighted by Gasteiger charge is 2.53. The van der Waals surface area contributed by atoms with Gasteiger partial charge in [0.1, 0.15) is 90.5 Å². The van der Waals surface area contributed by atoms with E-state index in [1.807, 2.05) is 0 Å². The fourth-order valence-electron chi connectivity index (χ4n) is 5.84. The zero-order valence-electron chi connectivity index (χ0n) is 26.3. The summed E-state index contributed by atoms with van der Waals surface area (Å²) in [7, 11) is 0. The van der Waals surface area contributed by atoms with Gasteiger partial charge in [-0.05, 0) is 35.4 Å². The van der Waals surface area contributed by atoms with E-state index < -0.39 is 112 Å². The number of aliphatic hydroxyl groups excluding tert-OH is 10. The molecule has 3 heterocycles. The lowest BCUT2D eigenvalue weighted by Gasteiger charge is -2.48. The molecule has 15 atom stereocenters. The molecule has 18 heteroatoms. The molecule has 2 aromatic carbocycles. The molecule has 3 fully saturated rings. The number of phenols is 2. The molecule has 0 radical (unpaired) electrons. The van der Waals surface area contributed by atoms with Crippen LogP contribution < -0.4 is 4.74 Å². The molecule has 278 valence electrons. The van der Waals surface area contributed by atoms with Gasteiger partial charge in [-0.25, -0.2) is 0 Å². The van der Waals surface area contributed by atoms with Crippen LogP contribution in [0.1, 0.15) is 11.1 Å². The lowest BCUT2D eigenvalue weighted by atomic mass is 9.96. The minimum Gasteiger partial charge on any atom is -0.508 e. The fraction of sp³-hybridized carbons (Fsp3) is 0.562. The van der Waals surface area contributed by atoms with Crippen LogP contribution in [0.4, 0.5) is 0 Å². The van der Waals surface area contributed by atoms with Crippen molar-refractivity contribution in [2.24, 2.45) is 0 Å². The van der Waals surface area contributed by atoms with Crippen LogP contribution in [-0.4, -0.2) is 173 Å². The first kappa shape index (κ1) is 38.2. The molecule has 0 saturated carbocycles. The highest BCUT2D eigenvalue weighted by Crippen LogP contribution is 2.33. The molecule has 0 amide bonds. The van der Waals surface area contributed by atoms with Crippen molar-refractivity contribution in [3.8, 4) is 17.2 Å². The lowest BCUT2D eigenvalue weighted by Crippen LogP contribution is -2.66. The molecule has 3 aliphatic rings. The summed E-state index contributed by atoms with van der Waals surface area (Å²) >= 11 is 0. The zero-order chi connectivity index (χ0) is 36.3. The molecule has 0 aliphatic carbocycles. The first-order valence-corrected chi connectivity index (χ1v) is 15.7. The second-order valence-electron chi connectivity index (χ2n) is 12.1. The van der Waals surface area contributed by atoms with Crippen LogP contribution in [0.25, 0.3) is 12.2 Å². The third-order valence-corrected chi connectivity index (χ3v) is 8.60. The maximum absolute atomic E-state index is 11.0. The summed E-state index contributed by atoms with van der Waals surface area (Å²) < 4.78 is 33.4. The molecule has 12 N–H and O–H groups in total. The van der Waals surface area contributed by atoms with Gasteiger partial charge < -0.3 is 89.7 Å². The van der Waals surface area contributed by atoms with Crippen LogP contribution in [0, 0.1) is 0 Å². The Labute approximate surface area is 284 Å². The quantitative estimate of drug-likeness (QED) is 0.0990. The third-order valence-electron chi connectivity index (χ3n) is 8.60. The summed E-state index contributed by atoms with van der Waals surface area (Å²) in [6.07, 6.45) is -21.8. The van der Waals surface area contributed by atoms with Gasteiger partial charge >= 0.3 is 0 Å². The molecular formula is C32H42O18. The Balaban J connectivity index is 1.20. The molecule has 0 bridgehead atoms. The maximum atomic E-state index is 11.0. The highest BCUT2D eigenvalue weighted by molar-refractivity contribution is 5.71. The van der Waals surface area contributed by atoms with Gasteiger partial charge in [0, 0.05) is 6.07 Å². The number of hydrogen-bond acceptors (Lipinski definition) is 18. The van der Waals surface area contributed by atoms with Gasteiger partial charge in [-0.3, -0.25) is 0 Å². The van der Waals surface area contributed by atoms with Crippen LogP contribution in [0.15, 0.2) is 42.5 Å². The highest BCUT2D eigenvalue weighted by atomic mass is 16.8. The molecule has 3 saturated heterocycles. The van der Waals surface area contributed by atoms with Gasteiger partial charge in [-0.1, -0.05) is 24.3 Å². The van der Waals surface area contributed by atoms with Crippen molar-refractivity contribution in [2.75, 3.05) is 19.8 Å². The zero-order valence-corrected chi connectivity index (χ0v) is 26.3. The number of hydrogen-bond donors (Lipinski definition) is 12. The SMILES string of the molecule is OC[C@H]1O[C@H](O[C@H]2[C@H](O)[C@@H](O)[C@@H](O[C@H]3[C@H](O)[C@@H](O)[C@@H](Oc4ccc(/C=C/c5cc(O)cc(O)c5)cc4)O[C@@H]3CO)O[C@@H]2CO)[C@H](O)[C@@H](O)[C@@H]1O. The van der Waals surface area contributed by atoms with Gasteiger partial charge in [0.05, 0.1) is 19.8 Å². The van der Waals surface area contributed by atoms with E-state index in [0.29, 0.717) is 11.1 Å². The fourth-order valence-corrected chi connectivity index (χ4v) is 5.84. The maximum Gasteiger partial charge on any atom is 0.229 e. The van der Waals surface area contributed by atoms with E-state index in [2.05, 4.69) is 0 Å². The summed E-state index contributed by atoms with van der Waals surface area (Å²) in [6.45, 7) is -2.36. The first-order valence-electron chi connectivity index (χ1n) is 15.7. The van der Waals surface area contributed by atoms with E-state index in [4.69, 9.17) is 28.4 Å². The standard InChI is InChI=1S/C32H42O18/c33-10-18-21(38)22(39)25(42)31(46-18)49-29-20(12-35)48-32(27(44)24(29)41)50-28-19(11-34)47-30(26(43)23(28)40)45-17-5-3-13(4-6-17)1-2-14-7-15(36)9-16(37)8-14/h1-9,18-44H,10-12H2/b2-1+/t18-,19-,20-,21-,22+,23-,24-,25-,26-,27-,28-,29-,30+,31-,32-/m1/s1.